The van der Waals surface area contributed by atoms with E-state index in [0.29, 0.717) is 0 Å². The molecule has 0 saturated heterocycles. The second-order valence-corrected chi connectivity index (χ2v) is 4.69. The smallest absolute Gasteiger partial charge is 0.0398 e. The first-order chi connectivity index (χ1) is 8.06. The standard InChI is InChI=1S/C16H18N/c1-11-5-7-15(13(3)9-11)17-16-8-6-12(2)10-14(16)4/h5-10H,1-4H3/q-1. The highest BCUT2D eigenvalue weighted by molar-refractivity contribution is 5.72. The number of rotatable bonds is 2. The Hall–Kier alpha value is -1.76. The van der Waals surface area contributed by atoms with E-state index >= 15 is 0 Å². The lowest BCUT2D eigenvalue weighted by Gasteiger charge is -2.27. The molecule has 0 heterocycles. The van der Waals surface area contributed by atoms with E-state index < -0.39 is 0 Å². The summed E-state index contributed by atoms with van der Waals surface area (Å²) in [6.45, 7) is 8.42. The molecular weight excluding hydrogens is 206 g/mol. The molecule has 0 aliphatic heterocycles. The summed E-state index contributed by atoms with van der Waals surface area (Å²) in [5, 5.41) is 4.72. The van der Waals surface area contributed by atoms with Crippen LogP contribution in [-0.2, 0) is 0 Å². The molecule has 0 saturated carbocycles. The number of nitrogens with zero attached hydrogens (tertiary/aromatic N) is 1. The molecule has 0 aliphatic carbocycles. The minimum Gasteiger partial charge on any atom is -0.657 e. The third-order valence-corrected chi connectivity index (χ3v) is 2.95. The van der Waals surface area contributed by atoms with Crippen LogP contribution in [0.4, 0.5) is 11.4 Å². The number of hydrogen-bond donors (Lipinski definition) is 0. The highest BCUT2D eigenvalue weighted by Gasteiger charge is 1.93. The monoisotopic (exact) mass is 224 g/mol. The van der Waals surface area contributed by atoms with Gasteiger partial charge in [-0.25, -0.2) is 0 Å². The highest BCUT2D eigenvalue weighted by atomic mass is 14.9. The molecule has 1 nitrogen and oxygen atoms in total. The summed E-state index contributed by atoms with van der Waals surface area (Å²) in [6, 6.07) is 12.7. The third kappa shape index (κ3) is 2.68. The van der Waals surface area contributed by atoms with Gasteiger partial charge in [0.2, 0.25) is 0 Å². The van der Waals surface area contributed by atoms with Crippen molar-refractivity contribution in [2.45, 2.75) is 27.7 Å². The molecule has 88 valence electrons. The van der Waals surface area contributed by atoms with E-state index in [4.69, 9.17) is 5.32 Å². The lowest BCUT2D eigenvalue weighted by Crippen LogP contribution is -1.81. The maximum atomic E-state index is 4.72. The van der Waals surface area contributed by atoms with Gasteiger partial charge in [0.25, 0.3) is 0 Å². The second-order valence-electron chi connectivity index (χ2n) is 4.69. The molecule has 0 atom stereocenters. The van der Waals surface area contributed by atoms with Crippen molar-refractivity contribution in [3.63, 3.8) is 0 Å². The van der Waals surface area contributed by atoms with Gasteiger partial charge in [0.1, 0.15) is 0 Å². The molecule has 17 heavy (non-hydrogen) atoms. The Kier molecular flexibility index (Phi) is 3.19. The van der Waals surface area contributed by atoms with Crippen LogP contribution < -0.4 is 0 Å². The van der Waals surface area contributed by atoms with Crippen LogP contribution >= 0.6 is 0 Å². The van der Waals surface area contributed by atoms with E-state index in [1.165, 1.54) is 22.3 Å². The van der Waals surface area contributed by atoms with E-state index in [-0.39, 0.29) is 0 Å². The Bertz CT molecular complexity index is 492. The Labute approximate surface area is 103 Å². The van der Waals surface area contributed by atoms with Crippen LogP contribution in [0.3, 0.4) is 0 Å². The van der Waals surface area contributed by atoms with Gasteiger partial charge in [-0.05, 0) is 27.7 Å². The summed E-state index contributed by atoms with van der Waals surface area (Å²) in [7, 11) is 0. The zero-order valence-electron chi connectivity index (χ0n) is 10.9. The van der Waals surface area contributed by atoms with Crippen molar-refractivity contribution >= 4 is 11.4 Å². The van der Waals surface area contributed by atoms with Gasteiger partial charge >= 0.3 is 0 Å². The number of benzene rings is 2. The Morgan fingerprint density at radius 1 is 0.647 bits per heavy atom. The summed E-state index contributed by atoms with van der Waals surface area (Å²) >= 11 is 0. The van der Waals surface area contributed by atoms with Crippen molar-refractivity contribution in [1.29, 1.82) is 0 Å². The van der Waals surface area contributed by atoms with Crippen LogP contribution in [0.2, 0.25) is 0 Å². The Morgan fingerprint density at radius 3 is 1.41 bits per heavy atom. The molecular formula is C16H18N-. The molecule has 0 aromatic heterocycles. The lowest BCUT2D eigenvalue weighted by molar-refractivity contribution is 1.36. The van der Waals surface area contributed by atoms with Gasteiger partial charge in [-0.1, -0.05) is 58.7 Å². The van der Waals surface area contributed by atoms with Gasteiger partial charge < -0.3 is 5.32 Å². The Morgan fingerprint density at radius 2 is 1.06 bits per heavy atom. The maximum Gasteiger partial charge on any atom is -0.0398 e. The minimum absolute atomic E-state index is 1.06. The van der Waals surface area contributed by atoms with Gasteiger partial charge in [0.15, 0.2) is 0 Å². The van der Waals surface area contributed by atoms with Gasteiger partial charge in [-0.15, -0.1) is 11.4 Å². The van der Waals surface area contributed by atoms with Gasteiger partial charge in [-0.2, -0.15) is 0 Å². The quantitative estimate of drug-likeness (QED) is 0.661. The average molecular weight is 224 g/mol. The SMILES string of the molecule is Cc1ccc([N-]c2ccc(C)cc2C)c(C)c1. The van der Waals surface area contributed by atoms with Crippen LogP contribution in [0, 0.1) is 27.7 Å². The largest absolute Gasteiger partial charge is 0.657 e. The molecule has 0 bridgehead atoms. The highest BCUT2D eigenvalue weighted by Crippen LogP contribution is 2.35. The predicted molar refractivity (Wildman–Crippen MR) is 74.5 cm³/mol. The molecule has 0 radical (unpaired) electrons. The third-order valence-electron chi connectivity index (χ3n) is 2.95. The predicted octanol–water partition coefficient (Wildman–Crippen LogP) is 5.26. The summed E-state index contributed by atoms with van der Waals surface area (Å²) in [4.78, 5) is 0. The van der Waals surface area contributed by atoms with Crippen LogP contribution in [0.15, 0.2) is 36.4 Å². The first-order valence-electron chi connectivity index (χ1n) is 5.92. The maximum absolute atomic E-state index is 4.72. The van der Waals surface area contributed by atoms with Crippen molar-refractivity contribution in [2.75, 3.05) is 0 Å². The van der Waals surface area contributed by atoms with Crippen molar-refractivity contribution < 1.29 is 0 Å². The van der Waals surface area contributed by atoms with Crippen molar-refractivity contribution in [3.05, 3.63) is 64.0 Å². The van der Waals surface area contributed by atoms with Crippen LogP contribution in [0.1, 0.15) is 22.3 Å². The van der Waals surface area contributed by atoms with Crippen molar-refractivity contribution in [1.82, 2.24) is 0 Å². The fourth-order valence-corrected chi connectivity index (χ4v) is 1.99. The van der Waals surface area contributed by atoms with Crippen molar-refractivity contribution in [2.24, 2.45) is 0 Å². The summed E-state index contributed by atoms with van der Waals surface area (Å²) in [5.74, 6) is 0. The fraction of sp³-hybridized carbons (Fsp3) is 0.250. The average Bonchev–Trinajstić information content (AvgIpc) is 2.25. The van der Waals surface area contributed by atoms with Gasteiger partial charge in [0.05, 0.1) is 0 Å². The zero-order chi connectivity index (χ0) is 12.4. The van der Waals surface area contributed by atoms with E-state index in [2.05, 4.69) is 64.1 Å². The summed E-state index contributed by atoms with van der Waals surface area (Å²) in [6.07, 6.45) is 0. The molecule has 0 unspecified atom stereocenters. The first kappa shape index (κ1) is 11.7. The molecule has 0 N–H and O–H groups in total. The van der Waals surface area contributed by atoms with E-state index in [1.54, 1.807) is 0 Å². The van der Waals surface area contributed by atoms with Crippen LogP contribution in [-0.4, -0.2) is 0 Å². The zero-order valence-corrected chi connectivity index (χ0v) is 10.9. The van der Waals surface area contributed by atoms with Gasteiger partial charge in [0, 0.05) is 0 Å². The summed E-state index contributed by atoms with van der Waals surface area (Å²) in [5.41, 5.74) is 7.13. The normalized spacial score (nSPS) is 10.4. The molecule has 0 spiro atoms. The fourth-order valence-electron chi connectivity index (χ4n) is 1.99. The topological polar surface area (TPSA) is 14.1 Å². The van der Waals surface area contributed by atoms with Crippen molar-refractivity contribution in [3.8, 4) is 0 Å². The molecule has 2 aromatic rings. The van der Waals surface area contributed by atoms with Crippen LogP contribution in [0.25, 0.3) is 5.32 Å². The van der Waals surface area contributed by atoms with E-state index in [1.807, 2.05) is 0 Å². The molecule has 2 aromatic carbocycles. The molecule has 2 rings (SSSR count). The van der Waals surface area contributed by atoms with Gasteiger partial charge in [-0.3, -0.25) is 0 Å². The first-order valence-corrected chi connectivity index (χ1v) is 5.92. The Balaban J connectivity index is 2.31. The van der Waals surface area contributed by atoms with E-state index in [9.17, 15) is 0 Å². The molecule has 0 fully saturated rings. The van der Waals surface area contributed by atoms with Crippen LogP contribution in [0.5, 0.6) is 0 Å². The summed E-state index contributed by atoms with van der Waals surface area (Å²) < 4.78 is 0. The second kappa shape index (κ2) is 4.62. The number of hydrogen-bond acceptors (Lipinski definition) is 0. The lowest BCUT2D eigenvalue weighted by atomic mass is 10.1. The minimum atomic E-state index is 1.06. The molecule has 0 amide bonds. The number of aryl methyl sites for hydroxylation is 4. The van der Waals surface area contributed by atoms with E-state index in [0.717, 1.165) is 11.4 Å². The molecule has 1 heteroatoms. The molecule has 0 aliphatic rings.